The van der Waals surface area contributed by atoms with Crippen LogP contribution >= 0.6 is 0 Å². The highest BCUT2D eigenvalue weighted by Gasteiger charge is 2.20. The van der Waals surface area contributed by atoms with Gasteiger partial charge in [-0.15, -0.1) is 0 Å². The first-order valence-corrected chi connectivity index (χ1v) is 8.25. The second kappa shape index (κ2) is 8.13. The number of hydrogen-bond donors (Lipinski definition) is 1. The zero-order valence-electron chi connectivity index (χ0n) is 14.7. The van der Waals surface area contributed by atoms with Gasteiger partial charge in [-0.2, -0.15) is 0 Å². The summed E-state index contributed by atoms with van der Waals surface area (Å²) in [5.41, 5.74) is -1.53. The first-order chi connectivity index (χ1) is 13.8. The first kappa shape index (κ1) is 19.4. The number of nitrogens with one attached hydrogen (secondary N) is 1. The molecule has 3 aromatic carbocycles. The van der Waals surface area contributed by atoms with Crippen LogP contribution in [0.3, 0.4) is 0 Å². The van der Waals surface area contributed by atoms with E-state index >= 15 is 0 Å². The van der Waals surface area contributed by atoms with Gasteiger partial charge in [-0.3, -0.25) is 25.0 Å². The molecular formula is C19H13N3O7. The number of nitro benzene ring substituents is 2. The maximum absolute atomic E-state index is 12.2. The third kappa shape index (κ3) is 4.50. The average Bonchev–Trinajstić information content (AvgIpc) is 2.71. The van der Waals surface area contributed by atoms with Gasteiger partial charge in [0.2, 0.25) is 0 Å². The van der Waals surface area contributed by atoms with Crippen LogP contribution in [-0.4, -0.2) is 28.3 Å². The molecule has 0 radical (unpaired) electrons. The van der Waals surface area contributed by atoms with Gasteiger partial charge in [0, 0.05) is 17.5 Å². The Morgan fingerprint density at radius 3 is 2.17 bits per heavy atom. The number of amides is 1. The van der Waals surface area contributed by atoms with Gasteiger partial charge in [0.15, 0.2) is 0 Å². The number of ether oxygens (including phenoxy) is 1. The van der Waals surface area contributed by atoms with Crippen molar-refractivity contribution >= 4 is 34.0 Å². The van der Waals surface area contributed by atoms with Crippen molar-refractivity contribution in [3.05, 3.63) is 86.5 Å². The second-order valence-corrected chi connectivity index (χ2v) is 5.89. The summed E-state index contributed by atoms with van der Waals surface area (Å²) in [4.78, 5) is 44.4. The summed E-state index contributed by atoms with van der Waals surface area (Å²) >= 11 is 0. The van der Waals surface area contributed by atoms with Crippen LogP contribution in [0.25, 0.3) is 10.8 Å². The van der Waals surface area contributed by atoms with Gasteiger partial charge in [-0.1, -0.05) is 36.4 Å². The summed E-state index contributed by atoms with van der Waals surface area (Å²) in [5, 5.41) is 25.6. The fraction of sp³-hybridized carbons (Fsp3) is 0.0526. The Morgan fingerprint density at radius 1 is 0.897 bits per heavy atom. The Morgan fingerprint density at radius 2 is 1.52 bits per heavy atom. The molecule has 0 aliphatic rings. The molecule has 10 nitrogen and oxygen atoms in total. The van der Waals surface area contributed by atoms with E-state index in [4.69, 9.17) is 4.74 Å². The van der Waals surface area contributed by atoms with E-state index in [1.807, 2.05) is 18.2 Å². The molecule has 0 atom stereocenters. The normalized spacial score (nSPS) is 10.3. The van der Waals surface area contributed by atoms with Crippen LogP contribution in [0, 0.1) is 20.2 Å². The van der Waals surface area contributed by atoms with E-state index in [1.54, 1.807) is 24.3 Å². The first-order valence-electron chi connectivity index (χ1n) is 8.25. The lowest BCUT2D eigenvalue weighted by atomic mass is 10.1. The van der Waals surface area contributed by atoms with E-state index in [0.29, 0.717) is 11.1 Å². The maximum atomic E-state index is 12.2. The molecule has 0 heterocycles. The van der Waals surface area contributed by atoms with Crippen molar-refractivity contribution in [2.75, 3.05) is 6.54 Å². The highest BCUT2D eigenvalue weighted by molar-refractivity contribution is 5.97. The van der Waals surface area contributed by atoms with Crippen LogP contribution in [0.1, 0.15) is 10.4 Å². The van der Waals surface area contributed by atoms with Crippen molar-refractivity contribution in [3.8, 4) is 5.75 Å². The molecule has 29 heavy (non-hydrogen) atoms. The minimum absolute atomic E-state index is 0.313. The number of non-ortho nitro benzene ring substituents is 2. The van der Waals surface area contributed by atoms with Crippen LogP contribution in [0.4, 0.5) is 11.4 Å². The number of hydrogen-bond acceptors (Lipinski definition) is 7. The Kier molecular flexibility index (Phi) is 5.44. The Labute approximate surface area is 163 Å². The molecule has 0 saturated heterocycles. The van der Waals surface area contributed by atoms with Crippen molar-refractivity contribution in [2.24, 2.45) is 0 Å². The standard InChI is InChI=1S/C19H13N3O7/c23-18(29-17-7-3-5-12-4-1-2-6-16(12)17)11-20-19(24)13-8-14(21(25)26)10-15(9-13)22(27)28/h1-10H,11H2,(H,20,24). The van der Waals surface area contributed by atoms with Crippen LogP contribution in [-0.2, 0) is 4.79 Å². The largest absolute Gasteiger partial charge is 0.425 e. The Bertz CT molecular complexity index is 1110. The fourth-order valence-corrected chi connectivity index (χ4v) is 2.63. The predicted octanol–water partition coefficient (Wildman–Crippen LogP) is 2.99. The van der Waals surface area contributed by atoms with E-state index in [0.717, 1.165) is 23.6 Å². The number of benzene rings is 3. The molecule has 0 fully saturated rings. The van der Waals surface area contributed by atoms with Crippen molar-refractivity contribution < 1.29 is 24.2 Å². The van der Waals surface area contributed by atoms with Gasteiger partial charge < -0.3 is 10.1 Å². The highest BCUT2D eigenvalue weighted by Crippen LogP contribution is 2.25. The van der Waals surface area contributed by atoms with Crippen molar-refractivity contribution in [3.63, 3.8) is 0 Å². The average molecular weight is 395 g/mol. The molecule has 1 N–H and O–H groups in total. The lowest BCUT2D eigenvalue weighted by molar-refractivity contribution is -0.394. The van der Waals surface area contributed by atoms with Crippen LogP contribution in [0.15, 0.2) is 60.7 Å². The van der Waals surface area contributed by atoms with E-state index < -0.39 is 39.6 Å². The number of nitro groups is 2. The third-order valence-corrected chi connectivity index (χ3v) is 3.95. The Balaban J connectivity index is 1.71. The molecule has 3 aromatic rings. The van der Waals surface area contributed by atoms with Gasteiger partial charge in [0.25, 0.3) is 17.3 Å². The monoisotopic (exact) mass is 395 g/mol. The zero-order valence-corrected chi connectivity index (χ0v) is 14.7. The predicted molar refractivity (Wildman–Crippen MR) is 102 cm³/mol. The SMILES string of the molecule is O=C(CNC(=O)c1cc([N+](=O)[O-])cc([N+](=O)[O-])c1)Oc1cccc2ccccc12. The molecule has 0 unspecified atom stereocenters. The van der Waals surface area contributed by atoms with Crippen LogP contribution < -0.4 is 10.1 Å². The van der Waals surface area contributed by atoms with E-state index in [9.17, 15) is 29.8 Å². The molecule has 146 valence electrons. The number of carbonyl (C=O) groups is 2. The van der Waals surface area contributed by atoms with Crippen molar-refractivity contribution in [1.82, 2.24) is 5.32 Å². The van der Waals surface area contributed by atoms with E-state index in [2.05, 4.69) is 5.32 Å². The van der Waals surface area contributed by atoms with Gasteiger partial charge in [-0.25, -0.2) is 4.79 Å². The third-order valence-electron chi connectivity index (χ3n) is 3.95. The molecule has 3 rings (SSSR count). The maximum Gasteiger partial charge on any atom is 0.330 e. The fourth-order valence-electron chi connectivity index (χ4n) is 2.63. The Hall–Kier alpha value is -4.34. The molecule has 0 saturated carbocycles. The molecule has 1 amide bonds. The second-order valence-electron chi connectivity index (χ2n) is 5.89. The topological polar surface area (TPSA) is 142 Å². The number of esters is 1. The minimum atomic E-state index is -0.883. The van der Waals surface area contributed by atoms with Crippen LogP contribution in [0.2, 0.25) is 0 Å². The summed E-state index contributed by atoms with van der Waals surface area (Å²) in [6, 6.07) is 14.9. The quantitative estimate of drug-likeness (QED) is 0.293. The highest BCUT2D eigenvalue weighted by atomic mass is 16.6. The van der Waals surface area contributed by atoms with Gasteiger partial charge >= 0.3 is 5.97 Å². The smallest absolute Gasteiger partial charge is 0.330 e. The van der Waals surface area contributed by atoms with Gasteiger partial charge in [-0.05, 0) is 11.5 Å². The van der Waals surface area contributed by atoms with E-state index in [1.165, 1.54) is 0 Å². The lowest BCUT2D eigenvalue weighted by Gasteiger charge is -2.09. The molecule has 10 heteroatoms. The van der Waals surface area contributed by atoms with Gasteiger partial charge in [0.1, 0.15) is 12.3 Å². The number of fused-ring (bicyclic) bond motifs is 1. The number of nitrogens with zero attached hydrogens (tertiary/aromatic N) is 2. The summed E-state index contributed by atoms with van der Waals surface area (Å²) in [5.74, 6) is -1.34. The molecule has 0 aliphatic carbocycles. The van der Waals surface area contributed by atoms with E-state index in [-0.39, 0.29) is 5.56 Å². The van der Waals surface area contributed by atoms with Crippen LogP contribution in [0.5, 0.6) is 5.75 Å². The summed E-state index contributed by atoms with van der Waals surface area (Å²) < 4.78 is 5.27. The van der Waals surface area contributed by atoms with Crippen molar-refractivity contribution in [1.29, 1.82) is 0 Å². The molecular weight excluding hydrogens is 382 g/mol. The number of rotatable bonds is 6. The lowest BCUT2D eigenvalue weighted by Crippen LogP contribution is -2.32. The minimum Gasteiger partial charge on any atom is -0.425 e. The van der Waals surface area contributed by atoms with Crippen molar-refractivity contribution in [2.45, 2.75) is 0 Å². The molecule has 0 bridgehead atoms. The zero-order chi connectivity index (χ0) is 21.0. The molecule has 0 aromatic heterocycles. The molecule has 0 aliphatic heterocycles. The summed E-state index contributed by atoms with van der Waals surface area (Å²) in [7, 11) is 0. The summed E-state index contributed by atoms with van der Waals surface area (Å²) in [6.07, 6.45) is 0. The van der Waals surface area contributed by atoms with Gasteiger partial charge in [0.05, 0.1) is 21.5 Å². The summed E-state index contributed by atoms with van der Waals surface area (Å²) in [6.45, 7) is -0.529. The number of carbonyl (C=O) groups excluding carboxylic acids is 2. The molecule has 0 spiro atoms.